The maximum Gasteiger partial charge on any atom is 0.151 e. The number of hydrogen-bond acceptors (Lipinski definition) is 2. The highest BCUT2D eigenvalue weighted by atomic mass is 19.1. The molecule has 1 aliphatic heterocycles. The average Bonchev–Trinajstić information content (AvgIpc) is 2.81. The summed E-state index contributed by atoms with van der Waals surface area (Å²) in [7, 11) is 0. The minimum atomic E-state index is -0.234. The summed E-state index contributed by atoms with van der Waals surface area (Å²) in [6.07, 6.45) is 3.43. The van der Waals surface area contributed by atoms with E-state index in [4.69, 9.17) is 0 Å². The highest BCUT2D eigenvalue weighted by molar-refractivity contribution is 5.77. The molecule has 108 valence electrons. The lowest BCUT2D eigenvalue weighted by atomic mass is 9.90. The maximum absolute atomic E-state index is 14.0. The van der Waals surface area contributed by atoms with Gasteiger partial charge in [0.25, 0.3) is 0 Å². The molecule has 1 saturated heterocycles. The second-order valence-electron chi connectivity index (χ2n) is 6.22. The number of halogens is 1. The molecule has 4 heteroatoms. The van der Waals surface area contributed by atoms with Crippen molar-refractivity contribution >= 4 is 11.0 Å². The Kier molecular flexibility index (Phi) is 3.28. The van der Waals surface area contributed by atoms with E-state index in [1.54, 1.807) is 6.07 Å². The molecule has 1 fully saturated rings. The third-order valence-corrected chi connectivity index (χ3v) is 4.30. The van der Waals surface area contributed by atoms with E-state index in [0.29, 0.717) is 5.52 Å². The molecule has 3 rings (SSSR count). The van der Waals surface area contributed by atoms with Gasteiger partial charge in [0, 0.05) is 6.04 Å². The molecule has 1 aromatic carbocycles. The maximum atomic E-state index is 14.0. The van der Waals surface area contributed by atoms with Crippen molar-refractivity contribution in [3.05, 3.63) is 29.8 Å². The highest BCUT2D eigenvalue weighted by Crippen LogP contribution is 2.34. The Hall–Kier alpha value is -1.42. The van der Waals surface area contributed by atoms with Crippen LogP contribution in [0.2, 0.25) is 0 Å². The molecule has 0 spiro atoms. The molecule has 0 bridgehead atoms. The SMILES string of the molecule is CC(C)n1c(C2(C)CCCCN2)nc2c(F)cccc21. The Balaban J connectivity index is 2.24. The van der Waals surface area contributed by atoms with Gasteiger partial charge in [-0.1, -0.05) is 6.07 Å². The monoisotopic (exact) mass is 275 g/mol. The largest absolute Gasteiger partial charge is 0.324 e. The van der Waals surface area contributed by atoms with Gasteiger partial charge in [-0.25, -0.2) is 9.37 Å². The second-order valence-corrected chi connectivity index (χ2v) is 6.22. The zero-order valence-corrected chi connectivity index (χ0v) is 12.4. The van der Waals surface area contributed by atoms with Crippen molar-refractivity contribution in [2.24, 2.45) is 0 Å². The molecule has 1 aromatic heterocycles. The zero-order valence-electron chi connectivity index (χ0n) is 12.4. The summed E-state index contributed by atoms with van der Waals surface area (Å²) in [6, 6.07) is 5.47. The highest BCUT2D eigenvalue weighted by Gasteiger charge is 2.34. The van der Waals surface area contributed by atoms with Crippen LogP contribution < -0.4 is 5.32 Å². The van der Waals surface area contributed by atoms with Gasteiger partial charge < -0.3 is 9.88 Å². The number of nitrogens with zero attached hydrogens (tertiary/aromatic N) is 2. The van der Waals surface area contributed by atoms with Crippen LogP contribution in [0.4, 0.5) is 4.39 Å². The van der Waals surface area contributed by atoms with Crippen molar-refractivity contribution in [2.45, 2.75) is 51.6 Å². The molecule has 1 N–H and O–H groups in total. The molecular formula is C16H22FN3. The van der Waals surface area contributed by atoms with Gasteiger partial charge in [0.1, 0.15) is 11.3 Å². The van der Waals surface area contributed by atoms with Crippen molar-refractivity contribution in [2.75, 3.05) is 6.54 Å². The van der Waals surface area contributed by atoms with Gasteiger partial charge in [-0.15, -0.1) is 0 Å². The van der Waals surface area contributed by atoms with Crippen molar-refractivity contribution < 1.29 is 4.39 Å². The summed E-state index contributed by atoms with van der Waals surface area (Å²) in [6.45, 7) is 7.44. The number of aromatic nitrogens is 2. The Morgan fingerprint density at radius 1 is 1.35 bits per heavy atom. The molecule has 3 nitrogen and oxygen atoms in total. The van der Waals surface area contributed by atoms with E-state index >= 15 is 0 Å². The number of rotatable bonds is 2. The molecule has 20 heavy (non-hydrogen) atoms. The summed E-state index contributed by atoms with van der Waals surface area (Å²) >= 11 is 0. The first-order chi connectivity index (χ1) is 9.53. The number of benzene rings is 1. The van der Waals surface area contributed by atoms with Crippen molar-refractivity contribution in [1.82, 2.24) is 14.9 Å². The quantitative estimate of drug-likeness (QED) is 0.904. The van der Waals surface area contributed by atoms with Gasteiger partial charge in [-0.3, -0.25) is 0 Å². The van der Waals surface area contributed by atoms with E-state index in [1.807, 2.05) is 6.07 Å². The lowest BCUT2D eigenvalue weighted by Crippen LogP contribution is -2.45. The molecule has 0 saturated carbocycles. The molecule has 0 amide bonds. The van der Waals surface area contributed by atoms with E-state index in [9.17, 15) is 4.39 Å². The summed E-state index contributed by atoms with van der Waals surface area (Å²) in [5.41, 5.74) is 1.22. The zero-order chi connectivity index (χ0) is 14.3. The Labute approximate surface area is 119 Å². The van der Waals surface area contributed by atoms with Gasteiger partial charge >= 0.3 is 0 Å². The van der Waals surface area contributed by atoms with Crippen LogP contribution in [0.15, 0.2) is 18.2 Å². The van der Waals surface area contributed by atoms with Crippen LogP contribution in [-0.2, 0) is 5.54 Å². The average molecular weight is 275 g/mol. The second kappa shape index (κ2) is 4.85. The van der Waals surface area contributed by atoms with Crippen LogP contribution in [0, 0.1) is 5.82 Å². The fraction of sp³-hybridized carbons (Fsp3) is 0.562. The predicted octanol–water partition coefficient (Wildman–Crippen LogP) is 3.75. The molecule has 0 aliphatic carbocycles. The van der Waals surface area contributed by atoms with Crippen molar-refractivity contribution in [3.63, 3.8) is 0 Å². The number of para-hydroxylation sites is 1. The smallest absolute Gasteiger partial charge is 0.151 e. The first-order valence-corrected chi connectivity index (χ1v) is 7.45. The summed E-state index contributed by atoms with van der Waals surface area (Å²) in [5, 5.41) is 3.58. The fourth-order valence-electron chi connectivity index (χ4n) is 3.24. The standard InChI is InChI=1S/C16H22FN3/c1-11(2)20-13-8-6-7-12(17)14(13)19-15(20)16(3)9-4-5-10-18-16/h6-8,11,18H,4-5,9-10H2,1-3H3. The van der Waals surface area contributed by atoms with Gasteiger partial charge in [0.05, 0.1) is 11.1 Å². The normalized spacial score (nSPS) is 23.6. The van der Waals surface area contributed by atoms with Gasteiger partial charge in [0.2, 0.25) is 0 Å². The molecular weight excluding hydrogens is 253 g/mol. The first-order valence-electron chi connectivity index (χ1n) is 7.45. The third kappa shape index (κ3) is 2.03. The Bertz CT molecular complexity index is 624. The van der Waals surface area contributed by atoms with E-state index in [-0.39, 0.29) is 17.4 Å². The van der Waals surface area contributed by atoms with E-state index < -0.39 is 0 Å². The molecule has 1 aliphatic rings. The van der Waals surface area contributed by atoms with Crippen molar-refractivity contribution in [1.29, 1.82) is 0 Å². The van der Waals surface area contributed by atoms with Crippen LogP contribution in [0.1, 0.15) is 51.9 Å². The lowest BCUT2D eigenvalue weighted by molar-refractivity contribution is 0.258. The predicted molar refractivity (Wildman–Crippen MR) is 79.3 cm³/mol. The van der Waals surface area contributed by atoms with Crippen LogP contribution >= 0.6 is 0 Å². The number of nitrogens with one attached hydrogen (secondary N) is 1. The number of fused-ring (bicyclic) bond motifs is 1. The fourth-order valence-corrected chi connectivity index (χ4v) is 3.24. The molecule has 2 aromatic rings. The van der Waals surface area contributed by atoms with Crippen LogP contribution in [0.25, 0.3) is 11.0 Å². The van der Waals surface area contributed by atoms with E-state index in [1.165, 1.54) is 18.9 Å². The summed E-state index contributed by atoms with van der Waals surface area (Å²) in [4.78, 5) is 4.65. The first kappa shape index (κ1) is 13.6. The molecule has 1 unspecified atom stereocenters. The van der Waals surface area contributed by atoms with Crippen LogP contribution in [-0.4, -0.2) is 16.1 Å². The summed E-state index contributed by atoms with van der Waals surface area (Å²) in [5.74, 6) is 0.731. The lowest BCUT2D eigenvalue weighted by Gasteiger charge is -2.35. The molecule has 2 heterocycles. The van der Waals surface area contributed by atoms with E-state index in [0.717, 1.165) is 24.3 Å². The minimum absolute atomic E-state index is 0.159. The van der Waals surface area contributed by atoms with Crippen LogP contribution in [0.3, 0.4) is 0 Å². The number of imidazole rings is 1. The molecule has 1 atom stereocenters. The topological polar surface area (TPSA) is 29.9 Å². The van der Waals surface area contributed by atoms with Gasteiger partial charge in [-0.05, 0) is 58.7 Å². The summed E-state index contributed by atoms with van der Waals surface area (Å²) < 4.78 is 16.2. The number of hydrogen-bond donors (Lipinski definition) is 1. The Morgan fingerprint density at radius 3 is 2.80 bits per heavy atom. The van der Waals surface area contributed by atoms with E-state index in [2.05, 4.69) is 35.6 Å². The molecule has 0 radical (unpaired) electrons. The Morgan fingerprint density at radius 2 is 2.15 bits per heavy atom. The van der Waals surface area contributed by atoms with Gasteiger partial charge in [0.15, 0.2) is 5.82 Å². The third-order valence-electron chi connectivity index (χ3n) is 4.30. The number of piperidine rings is 1. The van der Waals surface area contributed by atoms with Crippen molar-refractivity contribution in [3.8, 4) is 0 Å². The van der Waals surface area contributed by atoms with Crippen LogP contribution in [0.5, 0.6) is 0 Å². The minimum Gasteiger partial charge on any atom is -0.324 e. The van der Waals surface area contributed by atoms with Gasteiger partial charge in [-0.2, -0.15) is 0 Å².